The largest absolute Gasteiger partial charge is 0.356 e. The van der Waals surface area contributed by atoms with Crippen molar-refractivity contribution < 1.29 is 0 Å². The van der Waals surface area contributed by atoms with E-state index in [0.717, 1.165) is 39.6 Å². The maximum Gasteiger partial charge on any atom is 0.0991 e. The first kappa shape index (κ1) is 38.0. The molecular weight excluding hydrogens is 787 g/mol. The molecule has 0 amide bonds. The highest BCUT2D eigenvalue weighted by Crippen LogP contribution is 2.64. The molecule has 3 heteroatoms. The van der Waals surface area contributed by atoms with Gasteiger partial charge in [0.2, 0.25) is 0 Å². The molecule has 3 nitrogen and oxygen atoms in total. The Labute approximate surface area is 379 Å². The molecule has 0 saturated carbocycles. The van der Waals surface area contributed by atoms with E-state index in [-0.39, 0.29) is 0 Å². The Morgan fingerprint density at radius 1 is 0.338 bits per heavy atom. The molecule has 0 aromatic heterocycles. The Hall–Kier alpha value is -8.71. The van der Waals surface area contributed by atoms with E-state index < -0.39 is 5.41 Å². The van der Waals surface area contributed by atoms with Gasteiger partial charge in [-0.1, -0.05) is 170 Å². The van der Waals surface area contributed by atoms with Crippen molar-refractivity contribution in [1.82, 2.24) is 0 Å². The molecule has 0 bridgehead atoms. The number of anilines is 5. The molecule has 65 heavy (non-hydrogen) atoms. The second kappa shape index (κ2) is 15.6. The van der Waals surface area contributed by atoms with Crippen LogP contribution in [0.2, 0.25) is 0 Å². The van der Waals surface area contributed by atoms with Crippen LogP contribution in [0.5, 0.6) is 0 Å². The topological polar surface area (TPSA) is 39.1 Å². The van der Waals surface area contributed by atoms with Crippen molar-refractivity contribution in [2.45, 2.75) is 5.41 Å². The van der Waals surface area contributed by atoms with Crippen LogP contribution in [-0.2, 0) is 5.41 Å². The first-order chi connectivity index (χ1) is 32.2. The van der Waals surface area contributed by atoms with Crippen molar-refractivity contribution in [1.29, 1.82) is 5.26 Å². The van der Waals surface area contributed by atoms with Crippen LogP contribution >= 0.6 is 0 Å². The average Bonchev–Trinajstić information content (AvgIpc) is 3.85. The van der Waals surface area contributed by atoms with Crippen LogP contribution in [0.4, 0.5) is 28.4 Å². The standard InChI is InChI=1S/C62H41N3/c63-41-42-22-34-50(35-23-42)65(51-36-28-46(29-37-51)44-14-5-2-6-15-44)52-38-39-56-60(40-52)62(57-19-9-7-16-54(57)55-17-8-10-20-58(55)62)59-21-11-18-53(61(56)59)47-26-32-49(33-27-47)64-48-30-24-45(25-31-48)43-12-3-1-4-13-43/h1-40,64H. The van der Waals surface area contributed by atoms with Crippen molar-refractivity contribution in [2.24, 2.45) is 0 Å². The summed E-state index contributed by atoms with van der Waals surface area (Å²) in [4.78, 5) is 2.32. The molecule has 0 radical (unpaired) electrons. The maximum absolute atomic E-state index is 9.76. The van der Waals surface area contributed by atoms with Gasteiger partial charge in [0.1, 0.15) is 0 Å². The van der Waals surface area contributed by atoms with E-state index in [0.29, 0.717) is 5.56 Å². The van der Waals surface area contributed by atoms with Gasteiger partial charge < -0.3 is 10.2 Å². The molecule has 0 heterocycles. The molecule has 1 spiro atoms. The highest BCUT2D eigenvalue weighted by atomic mass is 15.1. The van der Waals surface area contributed by atoms with Gasteiger partial charge in [-0.05, 0) is 151 Å². The third kappa shape index (κ3) is 6.27. The van der Waals surface area contributed by atoms with E-state index in [9.17, 15) is 5.26 Å². The van der Waals surface area contributed by atoms with E-state index in [2.05, 4.69) is 241 Å². The smallest absolute Gasteiger partial charge is 0.0991 e. The van der Waals surface area contributed by atoms with Crippen LogP contribution in [0.3, 0.4) is 0 Å². The van der Waals surface area contributed by atoms with E-state index in [1.165, 1.54) is 66.8 Å². The Morgan fingerprint density at radius 3 is 1.35 bits per heavy atom. The third-order valence-electron chi connectivity index (χ3n) is 13.3. The molecule has 0 atom stereocenters. The normalized spacial score (nSPS) is 12.4. The van der Waals surface area contributed by atoms with Gasteiger partial charge in [0.15, 0.2) is 0 Å². The summed E-state index contributed by atoms with van der Waals surface area (Å²) in [7, 11) is 0. The molecule has 304 valence electrons. The number of rotatable bonds is 8. The molecule has 2 aliphatic carbocycles. The summed E-state index contributed by atoms with van der Waals surface area (Å²) in [6.07, 6.45) is 0. The summed E-state index contributed by atoms with van der Waals surface area (Å²) in [6.45, 7) is 0. The van der Waals surface area contributed by atoms with E-state index in [4.69, 9.17) is 0 Å². The van der Waals surface area contributed by atoms with Crippen molar-refractivity contribution in [3.05, 3.63) is 270 Å². The molecule has 0 saturated heterocycles. The number of nitrogens with zero attached hydrogens (tertiary/aromatic N) is 2. The Bertz CT molecular complexity index is 3380. The van der Waals surface area contributed by atoms with Gasteiger partial charge >= 0.3 is 0 Å². The lowest BCUT2D eigenvalue weighted by Crippen LogP contribution is -2.26. The minimum Gasteiger partial charge on any atom is -0.356 e. The molecule has 2 aliphatic rings. The molecule has 1 N–H and O–H groups in total. The van der Waals surface area contributed by atoms with Gasteiger partial charge in [-0.25, -0.2) is 0 Å². The lowest BCUT2D eigenvalue weighted by molar-refractivity contribution is 0.794. The zero-order valence-electron chi connectivity index (χ0n) is 35.5. The quantitative estimate of drug-likeness (QED) is 0.166. The molecule has 0 unspecified atom stereocenters. The fourth-order valence-corrected chi connectivity index (χ4v) is 10.4. The SMILES string of the molecule is N#Cc1ccc(N(c2ccc(-c3ccccc3)cc2)c2ccc3c(c2)C2(c4ccccc4-c4ccccc42)c2cccc(-c4ccc(Nc5ccc(-c6ccccc6)cc5)cc4)c2-3)cc1. The summed E-state index contributed by atoms with van der Waals surface area (Å²) < 4.78 is 0. The number of fused-ring (bicyclic) bond motifs is 10. The van der Waals surface area contributed by atoms with Crippen molar-refractivity contribution >= 4 is 28.4 Å². The van der Waals surface area contributed by atoms with E-state index in [1.54, 1.807) is 0 Å². The van der Waals surface area contributed by atoms with Crippen LogP contribution < -0.4 is 10.2 Å². The average molecular weight is 828 g/mol. The highest BCUT2D eigenvalue weighted by Gasteiger charge is 2.52. The second-order valence-electron chi connectivity index (χ2n) is 16.9. The third-order valence-corrected chi connectivity index (χ3v) is 13.3. The second-order valence-corrected chi connectivity index (χ2v) is 16.9. The molecule has 12 rings (SSSR count). The van der Waals surface area contributed by atoms with Gasteiger partial charge in [-0.2, -0.15) is 5.26 Å². The Morgan fingerprint density at radius 2 is 0.785 bits per heavy atom. The van der Waals surface area contributed by atoms with Crippen molar-refractivity contribution in [3.8, 4) is 61.7 Å². The fourth-order valence-electron chi connectivity index (χ4n) is 10.4. The fraction of sp³-hybridized carbons (Fsp3) is 0.0161. The number of benzene rings is 10. The van der Waals surface area contributed by atoms with Crippen molar-refractivity contribution in [2.75, 3.05) is 10.2 Å². The zero-order valence-corrected chi connectivity index (χ0v) is 35.5. The minimum absolute atomic E-state index is 0.551. The van der Waals surface area contributed by atoms with Crippen molar-refractivity contribution in [3.63, 3.8) is 0 Å². The van der Waals surface area contributed by atoms with Gasteiger partial charge in [0, 0.05) is 28.4 Å². The molecule has 0 aliphatic heterocycles. The summed E-state index contributed by atoms with van der Waals surface area (Å²) in [5.41, 5.74) is 22.5. The van der Waals surface area contributed by atoms with Gasteiger partial charge in [-0.15, -0.1) is 0 Å². The predicted octanol–water partition coefficient (Wildman–Crippen LogP) is 16.1. The lowest BCUT2D eigenvalue weighted by Gasteiger charge is -2.32. The Kier molecular flexibility index (Phi) is 9.11. The van der Waals surface area contributed by atoms with Crippen LogP contribution in [0.1, 0.15) is 27.8 Å². The van der Waals surface area contributed by atoms with Gasteiger partial charge in [0.25, 0.3) is 0 Å². The molecule has 10 aromatic rings. The first-order valence-corrected chi connectivity index (χ1v) is 22.1. The number of nitriles is 1. The van der Waals surface area contributed by atoms with E-state index >= 15 is 0 Å². The zero-order chi connectivity index (χ0) is 43.3. The van der Waals surface area contributed by atoms with E-state index in [1.807, 2.05) is 18.2 Å². The molecule has 0 fully saturated rings. The lowest BCUT2D eigenvalue weighted by atomic mass is 9.70. The summed E-state index contributed by atoms with van der Waals surface area (Å²) >= 11 is 0. The summed E-state index contributed by atoms with van der Waals surface area (Å²) in [5.74, 6) is 0. The number of nitrogens with one attached hydrogen (secondary N) is 1. The van der Waals surface area contributed by atoms with Crippen LogP contribution in [-0.4, -0.2) is 0 Å². The number of hydrogen-bond acceptors (Lipinski definition) is 3. The van der Waals surface area contributed by atoms with Crippen LogP contribution in [0, 0.1) is 11.3 Å². The van der Waals surface area contributed by atoms with Crippen LogP contribution in [0.15, 0.2) is 243 Å². The Balaban J connectivity index is 1.00. The summed E-state index contributed by atoms with van der Waals surface area (Å²) in [5, 5.41) is 13.4. The molecule has 10 aromatic carbocycles. The minimum atomic E-state index is -0.551. The van der Waals surface area contributed by atoms with Crippen LogP contribution in [0.25, 0.3) is 55.6 Å². The monoisotopic (exact) mass is 827 g/mol. The maximum atomic E-state index is 9.76. The van der Waals surface area contributed by atoms with Gasteiger partial charge in [0.05, 0.1) is 17.0 Å². The predicted molar refractivity (Wildman–Crippen MR) is 268 cm³/mol. The molecular formula is C62H41N3. The first-order valence-electron chi connectivity index (χ1n) is 22.1. The summed E-state index contributed by atoms with van der Waals surface area (Å²) in [6, 6.07) is 89.4. The number of hydrogen-bond donors (Lipinski definition) is 1. The highest BCUT2D eigenvalue weighted by molar-refractivity contribution is 6.01. The van der Waals surface area contributed by atoms with Gasteiger partial charge in [-0.3, -0.25) is 0 Å².